The van der Waals surface area contributed by atoms with Crippen LogP contribution in [0.15, 0.2) is 24.1 Å². The van der Waals surface area contributed by atoms with Gasteiger partial charge in [0, 0.05) is 5.25 Å². The van der Waals surface area contributed by atoms with Gasteiger partial charge in [-0.25, -0.2) is 0 Å². The summed E-state index contributed by atoms with van der Waals surface area (Å²) in [6.07, 6.45) is 2.99. The molecule has 9 heavy (non-hydrogen) atoms. The van der Waals surface area contributed by atoms with Crippen LogP contribution in [0.2, 0.25) is 0 Å². The molecule has 0 N–H and O–H groups in total. The summed E-state index contributed by atoms with van der Waals surface area (Å²) in [6, 6.07) is 0. The summed E-state index contributed by atoms with van der Waals surface area (Å²) in [5.41, 5.74) is 0. The van der Waals surface area contributed by atoms with Gasteiger partial charge in [0.1, 0.15) is 0 Å². The first-order valence-electron chi connectivity index (χ1n) is 3.18. The van der Waals surface area contributed by atoms with E-state index in [4.69, 9.17) is 0 Å². The van der Waals surface area contributed by atoms with E-state index in [9.17, 15) is 0 Å². The van der Waals surface area contributed by atoms with E-state index in [1.165, 1.54) is 6.42 Å². The molecular weight excluding hydrogens is 128 g/mol. The lowest BCUT2D eigenvalue weighted by atomic mass is 10.4. The Morgan fingerprint density at radius 3 is 2.67 bits per heavy atom. The van der Waals surface area contributed by atoms with Crippen molar-refractivity contribution in [1.29, 1.82) is 0 Å². The van der Waals surface area contributed by atoms with Crippen LogP contribution in [0.1, 0.15) is 20.3 Å². The molecular formula is C8H14S. The molecule has 0 saturated heterocycles. The first kappa shape index (κ1) is 8.83. The summed E-state index contributed by atoms with van der Waals surface area (Å²) in [7, 11) is 0. The molecule has 0 amide bonds. The molecule has 0 aliphatic rings. The van der Waals surface area contributed by atoms with Gasteiger partial charge in [-0.3, -0.25) is 0 Å². The fraction of sp³-hybridized carbons (Fsp3) is 0.500. The Morgan fingerprint density at radius 2 is 2.33 bits per heavy atom. The van der Waals surface area contributed by atoms with Crippen molar-refractivity contribution in [3.05, 3.63) is 24.1 Å². The minimum Gasteiger partial charge on any atom is -0.124 e. The third-order valence-corrected chi connectivity index (χ3v) is 2.36. The topological polar surface area (TPSA) is 0 Å². The highest BCUT2D eigenvalue weighted by Gasteiger charge is 1.97. The van der Waals surface area contributed by atoms with Crippen molar-refractivity contribution in [2.24, 2.45) is 0 Å². The Labute approximate surface area is 62.0 Å². The normalized spacial score (nSPS) is 12.7. The lowest BCUT2D eigenvalue weighted by molar-refractivity contribution is 0.909. The van der Waals surface area contributed by atoms with Crippen LogP contribution in [0.25, 0.3) is 0 Å². The van der Waals surface area contributed by atoms with E-state index in [0.29, 0.717) is 5.25 Å². The van der Waals surface area contributed by atoms with E-state index in [0.717, 1.165) is 4.91 Å². The van der Waals surface area contributed by atoms with Crippen molar-refractivity contribution in [1.82, 2.24) is 0 Å². The Kier molecular flexibility index (Phi) is 4.60. The second kappa shape index (κ2) is 4.68. The van der Waals surface area contributed by atoms with Crippen molar-refractivity contribution in [3.63, 3.8) is 0 Å². The van der Waals surface area contributed by atoms with E-state index < -0.39 is 0 Å². The van der Waals surface area contributed by atoms with E-state index in [-0.39, 0.29) is 0 Å². The minimum atomic E-state index is 0.676. The Morgan fingerprint density at radius 1 is 1.78 bits per heavy atom. The summed E-state index contributed by atoms with van der Waals surface area (Å²) in [6.45, 7) is 11.8. The van der Waals surface area contributed by atoms with E-state index in [1.54, 1.807) is 17.8 Å². The highest BCUT2D eigenvalue weighted by molar-refractivity contribution is 8.03. The molecule has 0 fully saturated rings. The van der Waals surface area contributed by atoms with Gasteiger partial charge in [0.2, 0.25) is 0 Å². The molecule has 0 heterocycles. The SMILES string of the molecule is C=CC(=C)SC(C)CC. The maximum absolute atomic E-state index is 3.81. The van der Waals surface area contributed by atoms with Crippen LogP contribution >= 0.6 is 11.8 Å². The molecule has 0 rings (SSSR count). The fourth-order valence-corrected chi connectivity index (χ4v) is 1.17. The zero-order valence-corrected chi connectivity index (χ0v) is 7.00. The van der Waals surface area contributed by atoms with Gasteiger partial charge >= 0.3 is 0 Å². The molecule has 0 aromatic heterocycles. The van der Waals surface area contributed by atoms with Gasteiger partial charge in [0.25, 0.3) is 0 Å². The fourth-order valence-electron chi connectivity index (χ4n) is 0.390. The first-order valence-corrected chi connectivity index (χ1v) is 4.06. The van der Waals surface area contributed by atoms with Crippen LogP contribution in [0.4, 0.5) is 0 Å². The monoisotopic (exact) mass is 142 g/mol. The predicted molar refractivity (Wildman–Crippen MR) is 46.7 cm³/mol. The number of rotatable bonds is 4. The van der Waals surface area contributed by atoms with Gasteiger partial charge < -0.3 is 0 Å². The number of thioether (sulfide) groups is 1. The zero-order chi connectivity index (χ0) is 7.28. The summed E-state index contributed by atoms with van der Waals surface area (Å²) in [5, 5.41) is 0.676. The smallest absolute Gasteiger partial charge is 0.00632 e. The Bertz CT molecular complexity index is 105. The molecule has 1 heteroatoms. The molecule has 0 aromatic rings. The molecule has 0 aromatic carbocycles. The molecule has 0 radical (unpaired) electrons. The summed E-state index contributed by atoms with van der Waals surface area (Å²) in [5.74, 6) is 0. The number of hydrogen-bond acceptors (Lipinski definition) is 1. The molecule has 0 spiro atoms. The standard InChI is InChI=1S/C8H14S/c1-5-7(3)9-8(4)6-2/h5,8H,1,3,6H2,2,4H3. The molecule has 0 saturated carbocycles. The van der Waals surface area contributed by atoms with Gasteiger partial charge in [-0.2, -0.15) is 0 Å². The third kappa shape index (κ3) is 4.34. The number of hydrogen-bond donors (Lipinski definition) is 0. The first-order chi connectivity index (χ1) is 4.20. The van der Waals surface area contributed by atoms with Gasteiger partial charge in [-0.05, 0) is 11.3 Å². The molecule has 0 aliphatic heterocycles. The van der Waals surface area contributed by atoms with Gasteiger partial charge in [-0.1, -0.05) is 33.1 Å². The van der Waals surface area contributed by atoms with E-state index >= 15 is 0 Å². The van der Waals surface area contributed by atoms with Crippen LogP contribution in [-0.4, -0.2) is 5.25 Å². The van der Waals surface area contributed by atoms with Crippen molar-refractivity contribution in [2.45, 2.75) is 25.5 Å². The summed E-state index contributed by atoms with van der Waals surface area (Å²) >= 11 is 1.79. The highest BCUT2D eigenvalue weighted by Crippen LogP contribution is 2.21. The average molecular weight is 142 g/mol. The maximum Gasteiger partial charge on any atom is 0.00632 e. The van der Waals surface area contributed by atoms with E-state index in [2.05, 4.69) is 27.0 Å². The quantitative estimate of drug-likeness (QED) is 0.543. The van der Waals surface area contributed by atoms with Crippen molar-refractivity contribution in [3.8, 4) is 0 Å². The van der Waals surface area contributed by atoms with Crippen LogP contribution in [-0.2, 0) is 0 Å². The van der Waals surface area contributed by atoms with E-state index in [1.807, 2.05) is 0 Å². The Hall–Kier alpha value is -0.170. The zero-order valence-electron chi connectivity index (χ0n) is 6.18. The van der Waals surface area contributed by atoms with Crippen LogP contribution < -0.4 is 0 Å². The lowest BCUT2D eigenvalue weighted by Crippen LogP contribution is -1.90. The molecule has 52 valence electrons. The average Bonchev–Trinajstić information content (AvgIpc) is 1.87. The van der Waals surface area contributed by atoms with Crippen molar-refractivity contribution < 1.29 is 0 Å². The second-order valence-corrected chi connectivity index (χ2v) is 3.57. The second-order valence-electron chi connectivity index (χ2n) is 2.01. The molecule has 1 atom stereocenters. The molecule has 0 bridgehead atoms. The third-order valence-electron chi connectivity index (χ3n) is 1.16. The molecule has 0 aliphatic carbocycles. The van der Waals surface area contributed by atoms with Crippen LogP contribution in [0.5, 0.6) is 0 Å². The van der Waals surface area contributed by atoms with Gasteiger partial charge in [-0.15, -0.1) is 11.8 Å². The number of allylic oxidation sites excluding steroid dienone is 1. The van der Waals surface area contributed by atoms with Crippen molar-refractivity contribution >= 4 is 11.8 Å². The molecule has 1 unspecified atom stereocenters. The Balaban J connectivity index is 3.46. The van der Waals surface area contributed by atoms with Gasteiger partial charge in [0.05, 0.1) is 0 Å². The highest BCUT2D eigenvalue weighted by atomic mass is 32.2. The van der Waals surface area contributed by atoms with Gasteiger partial charge in [0.15, 0.2) is 0 Å². The van der Waals surface area contributed by atoms with Crippen LogP contribution in [0, 0.1) is 0 Å². The molecule has 0 nitrogen and oxygen atoms in total. The predicted octanol–water partition coefficient (Wildman–Crippen LogP) is 3.22. The maximum atomic E-state index is 3.81. The summed E-state index contributed by atoms with van der Waals surface area (Å²) < 4.78 is 0. The summed E-state index contributed by atoms with van der Waals surface area (Å²) in [4.78, 5) is 1.07. The lowest BCUT2D eigenvalue weighted by Gasteiger charge is -2.05. The van der Waals surface area contributed by atoms with Crippen LogP contribution in [0.3, 0.4) is 0 Å². The largest absolute Gasteiger partial charge is 0.124 e. The minimum absolute atomic E-state index is 0.676. The van der Waals surface area contributed by atoms with Crippen molar-refractivity contribution in [2.75, 3.05) is 0 Å².